The summed E-state index contributed by atoms with van der Waals surface area (Å²) in [5.74, 6) is -2.19. The highest BCUT2D eigenvalue weighted by Gasteiger charge is 2.15. The zero-order valence-electron chi connectivity index (χ0n) is 9.84. The highest BCUT2D eigenvalue weighted by Crippen LogP contribution is 2.29. The standard InChI is InChI=1S/C12H14O6/c1-18-12(17)8-5-7(3-2-4-11(15)16)9(13)6-10(8)14/h5-6,13-14H,2-4H2,1H3,(H,15,16). The lowest BCUT2D eigenvalue weighted by Gasteiger charge is -2.08. The summed E-state index contributed by atoms with van der Waals surface area (Å²) in [5, 5.41) is 27.6. The molecule has 0 aliphatic rings. The molecule has 0 saturated carbocycles. The minimum absolute atomic E-state index is 0.0339. The zero-order chi connectivity index (χ0) is 13.7. The van der Waals surface area contributed by atoms with Gasteiger partial charge >= 0.3 is 11.9 Å². The fraction of sp³-hybridized carbons (Fsp3) is 0.333. The first kappa shape index (κ1) is 13.8. The Labute approximate surface area is 103 Å². The van der Waals surface area contributed by atoms with E-state index in [9.17, 15) is 19.8 Å². The summed E-state index contributed by atoms with van der Waals surface area (Å²) < 4.78 is 4.48. The first-order valence-corrected chi connectivity index (χ1v) is 5.30. The Hall–Kier alpha value is -2.24. The molecule has 0 heterocycles. The highest BCUT2D eigenvalue weighted by molar-refractivity contribution is 5.92. The largest absolute Gasteiger partial charge is 0.508 e. The van der Waals surface area contributed by atoms with Crippen LogP contribution in [0, 0.1) is 0 Å². The van der Waals surface area contributed by atoms with E-state index in [0.29, 0.717) is 18.4 Å². The van der Waals surface area contributed by atoms with Crippen LogP contribution in [0.5, 0.6) is 11.5 Å². The van der Waals surface area contributed by atoms with Crippen LogP contribution in [0.2, 0.25) is 0 Å². The van der Waals surface area contributed by atoms with Crippen molar-refractivity contribution in [3.63, 3.8) is 0 Å². The molecule has 0 spiro atoms. The first-order chi connectivity index (χ1) is 8.45. The number of phenolic OH excluding ortho intramolecular Hbond substituents is 2. The molecule has 0 bridgehead atoms. The number of aliphatic carboxylic acids is 1. The Morgan fingerprint density at radius 1 is 1.22 bits per heavy atom. The molecule has 0 aliphatic heterocycles. The van der Waals surface area contributed by atoms with Gasteiger partial charge in [-0.15, -0.1) is 0 Å². The highest BCUT2D eigenvalue weighted by atomic mass is 16.5. The minimum Gasteiger partial charge on any atom is -0.508 e. The van der Waals surface area contributed by atoms with E-state index in [0.717, 1.165) is 6.07 Å². The number of hydrogen-bond donors (Lipinski definition) is 3. The number of carboxylic acid groups (broad SMARTS) is 1. The van der Waals surface area contributed by atoms with Crippen molar-refractivity contribution < 1.29 is 29.6 Å². The second kappa shape index (κ2) is 5.90. The lowest BCUT2D eigenvalue weighted by molar-refractivity contribution is -0.137. The zero-order valence-corrected chi connectivity index (χ0v) is 9.84. The number of esters is 1. The summed E-state index contributed by atoms with van der Waals surface area (Å²) in [5.41, 5.74) is 0.343. The lowest BCUT2D eigenvalue weighted by Crippen LogP contribution is -2.03. The molecule has 3 N–H and O–H groups in total. The van der Waals surface area contributed by atoms with Crippen molar-refractivity contribution in [3.8, 4) is 11.5 Å². The molecular formula is C12H14O6. The van der Waals surface area contributed by atoms with Gasteiger partial charge in [0.2, 0.25) is 0 Å². The van der Waals surface area contributed by atoms with Crippen LogP contribution in [0.4, 0.5) is 0 Å². The van der Waals surface area contributed by atoms with Crippen LogP contribution in [0.25, 0.3) is 0 Å². The Kier molecular flexibility index (Phi) is 4.53. The molecule has 0 amide bonds. The van der Waals surface area contributed by atoms with E-state index in [2.05, 4.69) is 4.74 Å². The molecule has 0 aromatic heterocycles. The van der Waals surface area contributed by atoms with E-state index >= 15 is 0 Å². The average Bonchev–Trinajstić information content (AvgIpc) is 2.30. The van der Waals surface area contributed by atoms with Crippen LogP contribution in [-0.4, -0.2) is 34.4 Å². The summed E-state index contributed by atoms with van der Waals surface area (Å²) in [7, 11) is 1.18. The molecule has 6 heteroatoms. The van der Waals surface area contributed by atoms with E-state index in [1.54, 1.807) is 0 Å². The maximum absolute atomic E-state index is 11.3. The second-order valence-electron chi connectivity index (χ2n) is 3.74. The van der Waals surface area contributed by atoms with Crippen LogP contribution in [-0.2, 0) is 16.0 Å². The quantitative estimate of drug-likeness (QED) is 0.684. The van der Waals surface area contributed by atoms with Gasteiger partial charge in [-0.05, 0) is 24.5 Å². The number of carbonyl (C=O) groups excluding carboxylic acids is 1. The molecule has 6 nitrogen and oxygen atoms in total. The van der Waals surface area contributed by atoms with Gasteiger partial charge < -0.3 is 20.1 Å². The molecule has 0 saturated heterocycles. The number of carboxylic acids is 1. The van der Waals surface area contributed by atoms with Gasteiger partial charge in [-0.3, -0.25) is 4.79 Å². The lowest BCUT2D eigenvalue weighted by atomic mass is 10.0. The SMILES string of the molecule is COC(=O)c1cc(CCCC(=O)O)c(O)cc1O. The Bertz CT molecular complexity index is 466. The fourth-order valence-electron chi connectivity index (χ4n) is 1.53. The van der Waals surface area contributed by atoms with Crippen molar-refractivity contribution in [3.05, 3.63) is 23.3 Å². The third-order valence-electron chi connectivity index (χ3n) is 2.44. The van der Waals surface area contributed by atoms with Crippen molar-refractivity contribution in [2.75, 3.05) is 7.11 Å². The summed E-state index contributed by atoms with van der Waals surface area (Å²) in [6.45, 7) is 0. The molecule has 0 radical (unpaired) electrons. The van der Waals surface area contributed by atoms with Gasteiger partial charge in [-0.1, -0.05) is 0 Å². The maximum atomic E-state index is 11.3. The molecule has 0 aliphatic carbocycles. The van der Waals surface area contributed by atoms with Crippen LogP contribution >= 0.6 is 0 Å². The van der Waals surface area contributed by atoms with Crippen molar-refractivity contribution >= 4 is 11.9 Å². The number of methoxy groups -OCH3 is 1. The third-order valence-corrected chi connectivity index (χ3v) is 2.44. The van der Waals surface area contributed by atoms with Crippen LogP contribution in [0.15, 0.2) is 12.1 Å². The number of hydrogen-bond acceptors (Lipinski definition) is 5. The normalized spacial score (nSPS) is 10.1. The second-order valence-corrected chi connectivity index (χ2v) is 3.74. The molecular weight excluding hydrogens is 240 g/mol. The van der Waals surface area contributed by atoms with E-state index in [4.69, 9.17) is 5.11 Å². The number of carbonyl (C=O) groups is 2. The van der Waals surface area contributed by atoms with E-state index < -0.39 is 11.9 Å². The third kappa shape index (κ3) is 3.38. The van der Waals surface area contributed by atoms with Gasteiger partial charge in [-0.2, -0.15) is 0 Å². The molecule has 0 atom stereocenters. The van der Waals surface area contributed by atoms with E-state index in [-0.39, 0.29) is 23.5 Å². The fourth-order valence-corrected chi connectivity index (χ4v) is 1.53. The van der Waals surface area contributed by atoms with Gasteiger partial charge in [0.05, 0.1) is 7.11 Å². The minimum atomic E-state index is -0.929. The molecule has 0 unspecified atom stereocenters. The van der Waals surface area contributed by atoms with Gasteiger partial charge in [0.1, 0.15) is 17.1 Å². The monoisotopic (exact) mass is 254 g/mol. The van der Waals surface area contributed by atoms with Crippen molar-refractivity contribution in [1.29, 1.82) is 0 Å². The Balaban J connectivity index is 2.91. The predicted octanol–water partition coefficient (Wildman–Crippen LogP) is 1.29. The smallest absolute Gasteiger partial charge is 0.341 e. The topological polar surface area (TPSA) is 104 Å². The molecule has 98 valence electrons. The van der Waals surface area contributed by atoms with Gasteiger partial charge in [0, 0.05) is 12.5 Å². The van der Waals surface area contributed by atoms with Crippen LogP contribution in [0.1, 0.15) is 28.8 Å². The summed E-state index contributed by atoms with van der Waals surface area (Å²) in [4.78, 5) is 21.7. The van der Waals surface area contributed by atoms with Gasteiger partial charge in [-0.25, -0.2) is 4.79 Å². The number of ether oxygens (including phenoxy) is 1. The number of rotatable bonds is 5. The molecule has 18 heavy (non-hydrogen) atoms. The number of phenols is 2. The average molecular weight is 254 g/mol. The van der Waals surface area contributed by atoms with Crippen molar-refractivity contribution in [2.45, 2.75) is 19.3 Å². The number of aryl methyl sites for hydroxylation is 1. The Morgan fingerprint density at radius 3 is 2.44 bits per heavy atom. The van der Waals surface area contributed by atoms with E-state index in [1.165, 1.54) is 13.2 Å². The summed E-state index contributed by atoms with van der Waals surface area (Å²) in [6, 6.07) is 2.35. The number of aromatic hydroxyl groups is 2. The van der Waals surface area contributed by atoms with Crippen LogP contribution in [0.3, 0.4) is 0 Å². The Morgan fingerprint density at radius 2 is 1.89 bits per heavy atom. The summed E-state index contributed by atoms with van der Waals surface area (Å²) in [6.07, 6.45) is 0.588. The van der Waals surface area contributed by atoms with Crippen molar-refractivity contribution in [2.24, 2.45) is 0 Å². The van der Waals surface area contributed by atoms with Gasteiger partial charge in [0.15, 0.2) is 0 Å². The molecule has 1 rings (SSSR count). The number of benzene rings is 1. The molecule has 1 aromatic rings. The van der Waals surface area contributed by atoms with Gasteiger partial charge in [0.25, 0.3) is 0 Å². The summed E-state index contributed by atoms with van der Waals surface area (Å²) >= 11 is 0. The molecule has 0 fully saturated rings. The maximum Gasteiger partial charge on any atom is 0.341 e. The molecule has 1 aromatic carbocycles. The van der Waals surface area contributed by atoms with Crippen LogP contribution < -0.4 is 0 Å². The predicted molar refractivity (Wildman–Crippen MR) is 61.7 cm³/mol. The van der Waals surface area contributed by atoms with Crippen molar-refractivity contribution in [1.82, 2.24) is 0 Å². The van der Waals surface area contributed by atoms with E-state index in [1.807, 2.05) is 0 Å². The first-order valence-electron chi connectivity index (χ1n) is 5.30.